The molecule has 0 amide bonds. The van der Waals surface area contributed by atoms with Gasteiger partial charge in [-0.1, -0.05) is 43.0 Å². The van der Waals surface area contributed by atoms with Gasteiger partial charge in [0, 0.05) is 11.1 Å². The minimum atomic E-state index is -0.200. The van der Waals surface area contributed by atoms with E-state index >= 15 is 0 Å². The largest absolute Gasteiger partial charge is 0.463 e. The van der Waals surface area contributed by atoms with Gasteiger partial charge in [-0.3, -0.25) is 9.59 Å². The van der Waals surface area contributed by atoms with E-state index in [4.69, 9.17) is 20.8 Å². The summed E-state index contributed by atoms with van der Waals surface area (Å²) in [4.78, 5) is 25.1. The molecular formula is C22H19ClO4. The summed E-state index contributed by atoms with van der Waals surface area (Å²) in [5.41, 5.74) is 1.46. The minimum Gasteiger partial charge on any atom is -0.463 e. The molecule has 3 aromatic rings. The van der Waals surface area contributed by atoms with Gasteiger partial charge in [-0.2, -0.15) is 0 Å². The van der Waals surface area contributed by atoms with Crippen LogP contribution in [0.25, 0.3) is 22.1 Å². The molecule has 1 aliphatic rings. The van der Waals surface area contributed by atoms with E-state index in [9.17, 15) is 9.59 Å². The fourth-order valence-electron chi connectivity index (χ4n) is 3.54. The standard InChI is InChI=1S/C22H19ClO4/c23-16-8-6-14(7-9-16)19-13-26-20-12-17(10-11-18(20)21(19)24)27-22(25)15-4-2-1-3-5-15/h6-13,15H,1-5H2. The maximum absolute atomic E-state index is 12.8. The van der Waals surface area contributed by atoms with E-state index in [1.165, 1.54) is 12.7 Å². The third-order valence-corrected chi connectivity index (χ3v) is 5.31. The number of benzene rings is 2. The van der Waals surface area contributed by atoms with E-state index in [0.717, 1.165) is 31.2 Å². The number of rotatable bonds is 3. The van der Waals surface area contributed by atoms with Crippen molar-refractivity contribution in [1.29, 1.82) is 0 Å². The van der Waals surface area contributed by atoms with Crippen molar-refractivity contribution in [3.05, 3.63) is 64.0 Å². The monoisotopic (exact) mass is 382 g/mol. The summed E-state index contributed by atoms with van der Waals surface area (Å²) in [5.74, 6) is 0.170. The number of hydrogen-bond donors (Lipinski definition) is 0. The van der Waals surface area contributed by atoms with E-state index in [0.29, 0.717) is 27.3 Å². The third kappa shape index (κ3) is 3.76. The molecule has 0 N–H and O–H groups in total. The van der Waals surface area contributed by atoms with Gasteiger partial charge in [-0.05, 0) is 42.7 Å². The van der Waals surface area contributed by atoms with Crippen molar-refractivity contribution in [2.75, 3.05) is 0 Å². The fraction of sp³-hybridized carbons (Fsp3) is 0.273. The van der Waals surface area contributed by atoms with Crippen LogP contribution in [0, 0.1) is 5.92 Å². The average molecular weight is 383 g/mol. The average Bonchev–Trinajstić information content (AvgIpc) is 2.70. The Morgan fingerprint density at radius 2 is 1.78 bits per heavy atom. The molecule has 1 fully saturated rings. The van der Waals surface area contributed by atoms with Crippen LogP contribution in [0.15, 0.2) is 57.9 Å². The molecule has 4 nitrogen and oxygen atoms in total. The molecule has 0 saturated heterocycles. The Hall–Kier alpha value is -2.59. The van der Waals surface area contributed by atoms with Gasteiger partial charge >= 0.3 is 5.97 Å². The molecule has 27 heavy (non-hydrogen) atoms. The highest BCUT2D eigenvalue weighted by atomic mass is 35.5. The first-order chi connectivity index (χ1) is 13.1. The molecule has 1 aliphatic carbocycles. The number of esters is 1. The van der Waals surface area contributed by atoms with Gasteiger partial charge in [0.2, 0.25) is 0 Å². The highest BCUT2D eigenvalue weighted by Gasteiger charge is 2.23. The van der Waals surface area contributed by atoms with Crippen molar-refractivity contribution >= 4 is 28.5 Å². The van der Waals surface area contributed by atoms with Gasteiger partial charge in [0.25, 0.3) is 0 Å². The minimum absolute atomic E-state index is 0.0336. The molecule has 0 bridgehead atoms. The smallest absolute Gasteiger partial charge is 0.314 e. The lowest BCUT2D eigenvalue weighted by Gasteiger charge is -2.19. The Morgan fingerprint density at radius 1 is 1.04 bits per heavy atom. The molecule has 0 aliphatic heterocycles. The van der Waals surface area contributed by atoms with E-state index in [1.54, 1.807) is 42.5 Å². The number of ether oxygens (including phenoxy) is 1. The van der Waals surface area contributed by atoms with Gasteiger partial charge in [0.05, 0.1) is 16.9 Å². The van der Waals surface area contributed by atoms with Gasteiger partial charge in [0.15, 0.2) is 5.43 Å². The zero-order valence-corrected chi connectivity index (χ0v) is 15.5. The molecule has 0 radical (unpaired) electrons. The third-order valence-electron chi connectivity index (χ3n) is 5.06. The van der Waals surface area contributed by atoms with Crippen molar-refractivity contribution < 1.29 is 13.9 Å². The van der Waals surface area contributed by atoms with Gasteiger partial charge < -0.3 is 9.15 Å². The van der Waals surface area contributed by atoms with Crippen LogP contribution >= 0.6 is 11.6 Å². The van der Waals surface area contributed by atoms with Crippen LogP contribution < -0.4 is 10.2 Å². The van der Waals surface area contributed by atoms with Gasteiger partial charge in [0.1, 0.15) is 17.6 Å². The number of carbonyl (C=O) groups is 1. The molecule has 2 aromatic carbocycles. The van der Waals surface area contributed by atoms with Crippen LogP contribution in [-0.4, -0.2) is 5.97 Å². The lowest BCUT2D eigenvalue weighted by molar-refractivity contribution is -0.139. The molecule has 4 rings (SSSR count). The zero-order chi connectivity index (χ0) is 18.8. The second kappa shape index (κ2) is 7.57. The topological polar surface area (TPSA) is 56.5 Å². The first-order valence-electron chi connectivity index (χ1n) is 9.15. The molecule has 1 aromatic heterocycles. The van der Waals surface area contributed by atoms with E-state index < -0.39 is 0 Å². The highest BCUT2D eigenvalue weighted by molar-refractivity contribution is 6.30. The second-order valence-corrected chi connectivity index (χ2v) is 7.34. The second-order valence-electron chi connectivity index (χ2n) is 6.90. The summed E-state index contributed by atoms with van der Waals surface area (Å²) >= 11 is 5.91. The number of hydrogen-bond acceptors (Lipinski definition) is 4. The summed E-state index contributed by atoms with van der Waals surface area (Å²) in [6.45, 7) is 0. The van der Waals surface area contributed by atoms with Crippen molar-refractivity contribution in [2.45, 2.75) is 32.1 Å². The zero-order valence-electron chi connectivity index (χ0n) is 14.7. The normalized spacial score (nSPS) is 15.0. The number of halogens is 1. The van der Waals surface area contributed by atoms with Crippen LogP contribution in [-0.2, 0) is 4.79 Å². The maximum atomic E-state index is 12.8. The van der Waals surface area contributed by atoms with Gasteiger partial charge in [-0.25, -0.2) is 0 Å². The van der Waals surface area contributed by atoms with Crippen molar-refractivity contribution in [2.24, 2.45) is 5.92 Å². The Morgan fingerprint density at radius 3 is 2.52 bits per heavy atom. The van der Waals surface area contributed by atoms with E-state index in [1.807, 2.05) is 0 Å². The SMILES string of the molecule is O=C(Oc1ccc2c(=O)c(-c3ccc(Cl)cc3)coc2c1)C1CCCCC1. The van der Waals surface area contributed by atoms with Crippen molar-refractivity contribution in [3.63, 3.8) is 0 Å². The number of carbonyl (C=O) groups excluding carboxylic acids is 1. The van der Waals surface area contributed by atoms with E-state index in [2.05, 4.69) is 0 Å². The summed E-state index contributed by atoms with van der Waals surface area (Å²) < 4.78 is 11.2. The Kier molecular flexibility index (Phi) is 4.99. The summed E-state index contributed by atoms with van der Waals surface area (Å²) in [5, 5.41) is 1.05. The maximum Gasteiger partial charge on any atom is 0.314 e. The Labute approximate surface area is 161 Å². The predicted octanol–water partition coefficient (Wildman–Crippen LogP) is 5.60. The highest BCUT2D eigenvalue weighted by Crippen LogP contribution is 2.27. The molecule has 0 unspecified atom stereocenters. The molecule has 5 heteroatoms. The van der Waals surface area contributed by atoms with Crippen LogP contribution in [0.2, 0.25) is 5.02 Å². The summed E-state index contributed by atoms with van der Waals surface area (Å²) in [7, 11) is 0. The molecule has 1 saturated carbocycles. The first-order valence-corrected chi connectivity index (χ1v) is 9.53. The van der Waals surface area contributed by atoms with Crippen molar-refractivity contribution in [1.82, 2.24) is 0 Å². The number of fused-ring (bicyclic) bond motifs is 1. The summed E-state index contributed by atoms with van der Waals surface area (Å²) in [6.07, 6.45) is 6.51. The fourth-order valence-corrected chi connectivity index (χ4v) is 3.66. The lowest BCUT2D eigenvalue weighted by atomic mass is 9.89. The van der Waals surface area contributed by atoms with Crippen LogP contribution in [0.4, 0.5) is 0 Å². The molecule has 138 valence electrons. The van der Waals surface area contributed by atoms with Crippen molar-refractivity contribution in [3.8, 4) is 16.9 Å². The van der Waals surface area contributed by atoms with Crippen LogP contribution in [0.3, 0.4) is 0 Å². The van der Waals surface area contributed by atoms with E-state index in [-0.39, 0.29) is 17.3 Å². The Bertz CT molecular complexity index is 1030. The summed E-state index contributed by atoms with van der Waals surface area (Å²) in [6, 6.07) is 11.9. The molecular weight excluding hydrogens is 364 g/mol. The quantitative estimate of drug-likeness (QED) is 0.437. The predicted molar refractivity (Wildman–Crippen MR) is 105 cm³/mol. The Balaban J connectivity index is 1.62. The van der Waals surface area contributed by atoms with Crippen LogP contribution in [0.1, 0.15) is 32.1 Å². The lowest BCUT2D eigenvalue weighted by Crippen LogP contribution is -2.22. The van der Waals surface area contributed by atoms with Gasteiger partial charge in [-0.15, -0.1) is 0 Å². The first kappa shape index (κ1) is 17.8. The molecule has 1 heterocycles. The molecule has 0 atom stereocenters. The van der Waals surface area contributed by atoms with Crippen LogP contribution in [0.5, 0.6) is 5.75 Å². The molecule has 0 spiro atoms.